The first-order chi connectivity index (χ1) is 9.36. The van der Waals surface area contributed by atoms with Gasteiger partial charge in [-0.1, -0.05) is 38.4 Å². The van der Waals surface area contributed by atoms with Crippen molar-refractivity contribution >= 4 is 23.2 Å². The Morgan fingerprint density at radius 2 is 1.95 bits per heavy atom. The number of amides is 1. The van der Waals surface area contributed by atoms with E-state index in [0.717, 1.165) is 5.69 Å². The number of hydrogen-bond acceptors (Lipinski definition) is 3. The molecule has 0 bridgehead atoms. The molecular formula is C15H16ClN3O. The SMILES string of the molecule is CC(C)(C)c1cnc(C(=O)Nc2cccc(Cl)c2)cn1. The van der Waals surface area contributed by atoms with Crippen LogP contribution in [0.1, 0.15) is 37.0 Å². The number of halogens is 1. The summed E-state index contributed by atoms with van der Waals surface area (Å²) in [6.45, 7) is 6.13. The summed E-state index contributed by atoms with van der Waals surface area (Å²) in [5, 5.41) is 3.30. The normalized spacial score (nSPS) is 11.2. The third-order valence-electron chi connectivity index (χ3n) is 2.74. The minimum Gasteiger partial charge on any atom is -0.321 e. The molecule has 1 aromatic carbocycles. The van der Waals surface area contributed by atoms with Crippen LogP contribution >= 0.6 is 11.6 Å². The minimum atomic E-state index is -0.305. The van der Waals surface area contributed by atoms with Crippen molar-refractivity contribution in [3.8, 4) is 0 Å². The Hall–Kier alpha value is -1.94. The Kier molecular flexibility index (Phi) is 4.04. The smallest absolute Gasteiger partial charge is 0.275 e. The molecule has 1 N–H and O–H groups in total. The average Bonchev–Trinajstić information content (AvgIpc) is 2.38. The van der Waals surface area contributed by atoms with E-state index in [1.165, 1.54) is 6.20 Å². The average molecular weight is 290 g/mol. The van der Waals surface area contributed by atoms with Crippen molar-refractivity contribution in [2.45, 2.75) is 26.2 Å². The summed E-state index contributed by atoms with van der Waals surface area (Å²) >= 11 is 5.87. The van der Waals surface area contributed by atoms with Gasteiger partial charge in [0, 0.05) is 22.3 Å². The Morgan fingerprint density at radius 1 is 1.20 bits per heavy atom. The second kappa shape index (κ2) is 5.59. The van der Waals surface area contributed by atoms with Gasteiger partial charge in [-0.2, -0.15) is 0 Å². The number of carbonyl (C=O) groups is 1. The molecule has 0 fully saturated rings. The molecule has 1 heterocycles. The summed E-state index contributed by atoms with van der Waals surface area (Å²) in [5.74, 6) is -0.305. The standard InChI is InChI=1S/C15H16ClN3O/c1-15(2,3)13-9-17-12(8-18-13)14(20)19-11-6-4-5-10(16)7-11/h4-9H,1-3H3,(H,19,20). The lowest BCUT2D eigenvalue weighted by atomic mass is 9.93. The maximum absolute atomic E-state index is 12.0. The van der Waals surface area contributed by atoms with Crippen LogP contribution in [0.15, 0.2) is 36.7 Å². The molecule has 0 aliphatic rings. The summed E-state index contributed by atoms with van der Waals surface area (Å²) in [4.78, 5) is 20.5. The zero-order valence-corrected chi connectivity index (χ0v) is 12.4. The molecule has 20 heavy (non-hydrogen) atoms. The van der Waals surface area contributed by atoms with E-state index < -0.39 is 0 Å². The molecule has 0 spiro atoms. The molecule has 0 atom stereocenters. The molecule has 104 valence electrons. The highest BCUT2D eigenvalue weighted by Crippen LogP contribution is 2.19. The fraction of sp³-hybridized carbons (Fsp3) is 0.267. The molecule has 0 aliphatic heterocycles. The molecule has 0 unspecified atom stereocenters. The fourth-order valence-electron chi connectivity index (χ4n) is 1.59. The van der Waals surface area contributed by atoms with Crippen LogP contribution < -0.4 is 5.32 Å². The van der Waals surface area contributed by atoms with Crippen LogP contribution in [0.3, 0.4) is 0 Å². The van der Waals surface area contributed by atoms with Gasteiger partial charge in [-0.25, -0.2) is 4.98 Å². The second-order valence-corrected chi connectivity index (χ2v) is 5.94. The van der Waals surface area contributed by atoms with E-state index in [1.807, 2.05) is 20.8 Å². The van der Waals surface area contributed by atoms with E-state index in [2.05, 4.69) is 15.3 Å². The first kappa shape index (κ1) is 14.5. The lowest BCUT2D eigenvalue weighted by Crippen LogP contribution is -2.18. The Labute approximate surface area is 123 Å². The highest BCUT2D eigenvalue weighted by molar-refractivity contribution is 6.30. The number of rotatable bonds is 2. The topological polar surface area (TPSA) is 54.9 Å². The number of benzene rings is 1. The molecule has 0 radical (unpaired) electrons. The molecule has 2 rings (SSSR count). The van der Waals surface area contributed by atoms with Gasteiger partial charge in [0.25, 0.3) is 5.91 Å². The minimum absolute atomic E-state index is 0.0883. The van der Waals surface area contributed by atoms with Gasteiger partial charge in [-0.05, 0) is 18.2 Å². The Balaban J connectivity index is 2.14. The largest absolute Gasteiger partial charge is 0.321 e. The number of aromatic nitrogens is 2. The van der Waals surface area contributed by atoms with Crippen LogP contribution in [0.2, 0.25) is 5.02 Å². The first-order valence-corrected chi connectivity index (χ1v) is 6.63. The summed E-state index contributed by atoms with van der Waals surface area (Å²) in [6, 6.07) is 6.96. The third-order valence-corrected chi connectivity index (χ3v) is 2.97. The summed E-state index contributed by atoms with van der Waals surface area (Å²) in [5.41, 5.74) is 1.66. The number of nitrogens with zero attached hydrogens (tertiary/aromatic N) is 2. The van der Waals surface area contributed by atoms with Crippen LogP contribution in [0.5, 0.6) is 0 Å². The highest BCUT2D eigenvalue weighted by Gasteiger charge is 2.17. The predicted molar refractivity (Wildman–Crippen MR) is 80.1 cm³/mol. The molecule has 4 nitrogen and oxygen atoms in total. The van der Waals surface area contributed by atoms with Crippen LogP contribution in [-0.4, -0.2) is 15.9 Å². The maximum atomic E-state index is 12.0. The van der Waals surface area contributed by atoms with Crippen molar-refractivity contribution in [2.75, 3.05) is 5.32 Å². The maximum Gasteiger partial charge on any atom is 0.275 e. The molecule has 5 heteroatoms. The van der Waals surface area contributed by atoms with Crippen LogP contribution in [-0.2, 0) is 5.41 Å². The quantitative estimate of drug-likeness (QED) is 0.917. The molecule has 2 aromatic rings. The fourth-order valence-corrected chi connectivity index (χ4v) is 1.78. The molecule has 0 saturated carbocycles. The van der Waals surface area contributed by atoms with E-state index in [0.29, 0.717) is 10.7 Å². The zero-order chi connectivity index (χ0) is 14.8. The van der Waals surface area contributed by atoms with Crippen molar-refractivity contribution in [1.29, 1.82) is 0 Å². The number of nitrogens with one attached hydrogen (secondary N) is 1. The van der Waals surface area contributed by atoms with Gasteiger partial charge < -0.3 is 5.32 Å². The van der Waals surface area contributed by atoms with Gasteiger partial charge in [0.1, 0.15) is 5.69 Å². The van der Waals surface area contributed by atoms with Gasteiger partial charge in [0.2, 0.25) is 0 Å². The lowest BCUT2D eigenvalue weighted by Gasteiger charge is -2.16. The molecule has 1 aromatic heterocycles. The second-order valence-electron chi connectivity index (χ2n) is 5.50. The van der Waals surface area contributed by atoms with E-state index in [9.17, 15) is 4.79 Å². The van der Waals surface area contributed by atoms with Crippen LogP contribution in [0.25, 0.3) is 0 Å². The van der Waals surface area contributed by atoms with Crippen molar-refractivity contribution in [1.82, 2.24) is 9.97 Å². The van der Waals surface area contributed by atoms with Crippen molar-refractivity contribution in [2.24, 2.45) is 0 Å². The number of carbonyl (C=O) groups excluding carboxylic acids is 1. The third kappa shape index (κ3) is 3.54. The molecule has 1 amide bonds. The van der Waals surface area contributed by atoms with Gasteiger partial charge in [-0.3, -0.25) is 9.78 Å². The van der Waals surface area contributed by atoms with Gasteiger partial charge in [0.15, 0.2) is 0 Å². The number of hydrogen-bond donors (Lipinski definition) is 1. The zero-order valence-electron chi connectivity index (χ0n) is 11.6. The molecule has 0 aliphatic carbocycles. The monoisotopic (exact) mass is 289 g/mol. The van der Waals surface area contributed by atoms with E-state index >= 15 is 0 Å². The van der Waals surface area contributed by atoms with Crippen LogP contribution in [0, 0.1) is 0 Å². The lowest BCUT2D eigenvalue weighted by molar-refractivity contribution is 0.102. The number of anilines is 1. The summed E-state index contributed by atoms with van der Waals surface area (Å²) in [7, 11) is 0. The predicted octanol–water partition coefficient (Wildman–Crippen LogP) is 3.68. The summed E-state index contributed by atoms with van der Waals surface area (Å²) < 4.78 is 0. The summed E-state index contributed by atoms with van der Waals surface area (Å²) in [6.07, 6.45) is 3.12. The Morgan fingerprint density at radius 3 is 2.50 bits per heavy atom. The van der Waals surface area contributed by atoms with Crippen molar-refractivity contribution < 1.29 is 4.79 Å². The van der Waals surface area contributed by atoms with Crippen molar-refractivity contribution in [3.05, 3.63) is 53.1 Å². The first-order valence-electron chi connectivity index (χ1n) is 6.26. The van der Waals surface area contributed by atoms with Crippen LogP contribution in [0.4, 0.5) is 5.69 Å². The van der Waals surface area contributed by atoms with E-state index in [-0.39, 0.29) is 17.0 Å². The Bertz CT molecular complexity index is 618. The molecule has 0 saturated heterocycles. The van der Waals surface area contributed by atoms with Gasteiger partial charge in [-0.15, -0.1) is 0 Å². The van der Waals surface area contributed by atoms with E-state index in [4.69, 9.17) is 11.6 Å². The van der Waals surface area contributed by atoms with Gasteiger partial charge >= 0.3 is 0 Å². The van der Waals surface area contributed by atoms with E-state index in [1.54, 1.807) is 30.5 Å². The van der Waals surface area contributed by atoms with Gasteiger partial charge in [0.05, 0.1) is 11.9 Å². The molecular weight excluding hydrogens is 274 g/mol. The highest BCUT2D eigenvalue weighted by atomic mass is 35.5. The van der Waals surface area contributed by atoms with Crippen molar-refractivity contribution in [3.63, 3.8) is 0 Å².